The van der Waals surface area contributed by atoms with Gasteiger partial charge in [0.15, 0.2) is 11.5 Å². The van der Waals surface area contributed by atoms with Crippen LogP contribution in [0.2, 0.25) is 10.0 Å². The number of hydrogen-bond donors (Lipinski definition) is 0. The van der Waals surface area contributed by atoms with Crippen LogP contribution in [0, 0.1) is 0 Å². The van der Waals surface area contributed by atoms with Gasteiger partial charge in [0.05, 0.1) is 11.4 Å². The number of rotatable bonds is 5. The quantitative estimate of drug-likeness (QED) is 0.774. The molecule has 25 heavy (non-hydrogen) atoms. The smallest absolute Gasteiger partial charge is 0.227 e. The second kappa shape index (κ2) is 7.98. The molecular weight excluding hydrogens is 361 g/mol. The highest BCUT2D eigenvalue weighted by Crippen LogP contribution is 2.38. The van der Waals surface area contributed by atoms with E-state index in [4.69, 9.17) is 32.7 Å². The summed E-state index contributed by atoms with van der Waals surface area (Å²) in [4.78, 5) is 14.5. The molecule has 6 heteroatoms. The fourth-order valence-electron chi connectivity index (χ4n) is 2.76. The highest BCUT2D eigenvalue weighted by molar-refractivity contribution is 6.32. The van der Waals surface area contributed by atoms with Crippen molar-refractivity contribution in [2.75, 3.05) is 19.8 Å². The Labute approximate surface area is 157 Å². The van der Waals surface area contributed by atoms with Crippen molar-refractivity contribution in [3.63, 3.8) is 0 Å². The molecule has 0 aliphatic carbocycles. The first-order chi connectivity index (χ1) is 12.1. The van der Waals surface area contributed by atoms with Crippen LogP contribution in [0.4, 0.5) is 0 Å². The zero-order chi connectivity index (χ0) is 17.8. The first-order valence-corrected chi connectivity index (χ1v) is 8.93. The van der Waals surface area contributed by atoms with Crippen molar-refractivity contribution < 1.29 is 14.3 Å². The van der Waals surface area contributed by atoms with Gasteiger partial charge in [0.25, 0.3) is 0 Å². The Morgan fingerprint density at radius 2 is 1.88 bits per heavy atom. The van der Waals surface area contributed by atoms with E-state index >= 15 is 0 Å². The molecule has 1 heterocycles. The van der Waals surface area contributed by atoms with Crippen molar-refractivity contribution in [2.24, 2.45) is 0 Å². The van der Waals surface area contributed by atoms with E-state index in [0.29, 0.717) is 47.8 Å². The van der Waals surface area contributed by atoms with E-state index in [-0.39, 0.29) is 12.3 Å². The molecular formula is C19H19Cl2NO3. The van der Waals surface area contributed by atoms with E-state index in [2.05, 4.69) is 0 Å². The van der Waals surface area contributed by atoms with E-state index < -0.39 is 0 Å². The van der Waals surface area contributed by atoms with Crippen LogP contribution < -0.4 is 9.47 Å². The average molecular weight is 380 g/mol. The molecule has 0 unspecified atom stereocenters. The molecule has 0 bridgehead atoms. The Bertz CT molecular complexity index is 779. The third kappa shape index (κ3) is 4.20. The van der Waals surface area contributed by atoms with Gasteiger partial charge in [-0.05, 0) is 36.2 Å². The minimum Gasteiger partial charge on any atom is -0.486 e. The monoisotopic (exact) mass is 379 g/mol. The summed E-state index contributed by atoms with van der Waals surface area (Å²) in [5.74, 6) is 1.15. The van der Waals surface area contributed by atoms with Crippen LogP contribution in [-0.4, -0.2) is 30.6 Å². The topological polar surface area (TPSA) is 38.8 Å². The second-order valence-electron chi connectivity index (χ2n) is 5.78. The minimum absolute atomic E-state index is 0.00941. The predicted molar refractivity (Wildman–Crippen MR) is 98.7 cm³/mol. The van der Waals surface area contributed by atoms with Gasteiger partial charge in [0.2, 0.25) is 5.91 Å². The summed E-state index contributed by atoms with van der Waals surface area (Å²) in [5.41, 5.74) is 1.73. The number of likely N-dealkylation sites (N-methyl/N-ethyl adjacent to an activating group) is 1. The van der Waals surface area contributed by atoms with Crippen molar-refractivity contribution >= 4 is 29.1 Å². The number of benzene rings is 2. The van der Waals surface area contributed by atoms with Crippen molar-refractivity contribution in [2.45, 2.75) is 19.9 Å². The summed E-state index contributed by atoms with van der Waals surface area (Å²) in [6.45, 7) is 3.99. The van der Waals surface area contributed by atoms with Crippen LogP contribution in [-0.2, 0) is 17.8 Å². The highest BCUT2D eigenvalue weighted by atomic mass is 35.5. The van der Waals surface area contributed by atoms with Gasteiger partial charge in [0.1, 0.15) is 13.2 Å². The number of ether oxygens (including phenoxy) is 2. The van der Waals surface area contributed by atoms with Crippen molar-refractivity contribution in [3.8, 4) is 11.5 Å². The maximum atomic E-state index is 12.7. The average Bonchev–Trinajstić information content (AvgIpc) is 2.61. The highest BCUT2D eigenvalue weighted by Gasteiger charge is 2.19. The van der Waals surface area contributed by atoms with Gasteiger partial charge in [-0.1, -0.05) is 41.4 Å². The fraction of sp³-hybridized carbons (Fsp3) is 0.316. The number of fused-ring (bicyclic) bond motifs is 1. The number of carbonyl (C=O) groups excluding carboxylic acids is 1. The molecule has 0 fully saturated rings. The maximum Gasteiger partial charge on any atom is 0.227 e. The van der Waals surface area contributed by atoms with Crippen LogP contribution in [0.3, 0.4) is 0 Å². The van der Waals surface area contributed by atoms with Crippen LogP contribution in [0.15, 0.2) is 36.4 Å². The second-order valence-corrected chi connectivity index (χ2v) is 6.59. The Balaban J connectivity index is 1.74. The molecule has 0 saturated carbocycles. The summed E-state index contributed by atoms with van der Waals surface area (Å²) in [7, 11) is 0. The van der Waals surface area contributed by atoms with Crippen LogP contribution in [0.5, 0.6) is 11.5 Å². The Morgan fingerprint density at radius 1 is 1.12 bits per heavy atom. The van der Waals surface area contributed by atoms with Crippen LogP contribution >= 0.6 is 23.2 Å². The molecule has 0 saturated heterocycles. The molecule has 2 aromatic rings. The molecule has 1 aliphatic rings. The minimum atomic E-state index is 0.00941. The molecule has 132 valence electrons. The maximum absolute atomic E-state index is 12.7. The van der Waals surface area contributed by atoms with Crippen LogP contribution in [0.25, 0.3) is 0 Å². The van der Waals surface area contributed by atoms with Crippen molar-refractivity contribution in [1.82, 2.24) is 4.90 Å². The third-order valence-corrected chi connectivity index (χ3v) is 4.71. The van der Waals surface area contributed by atoms with Gasteiger partial charge in [0, 0.05) is 18.1 Å². The number of amides is 1. The third-order valence-electron chi connectivity index (χ3n) is 4.07. The molecule has 3 rings (SSSR count). The largest absolute Gasteiger partial charge is 0.486 e. The zero-order valence-electron chi connectivity index (χ0n) is 13.9. The predicted octanol–water partition coefficient (Wildman–Crippen LogP) is 4.36. The molecule has 0 radical (unpaired) electrons. The zero-order valence-corrected chi connectivity index (χ0v) is 15.4. The lowest BCUT2D eigenvalue weighted by molar-refractivity contribution is -0.130. The number of hydrogen-bond acceptors (Lipinski definition) is 3. The normalized spacial score (nSPS) is 12.8. The van der Waals surface area contributed by atoms with Gasteiger partial charge in [-0.3, -0.25) is 4.79 Å². The lowest BCUT2D eigenvalue weighted by Gasteiger charge is -2.23. The molecule has 1 aliphatic heterocycles. The van der Waals surface area contributed by atoms with E-state index in [1.165, 1.54) is 0 Å². The number of nitrogens with zero attached hydrogens (tertiary/aromatic N) is 1. The van der Waals surface area contributed by atoms with E-state index in [1.807, 2.05) is 37.3 Å². The Hall–Kier alpha value is -1.91. The first kappa shape index (κ1) is 17.9. The molecule has 2 aromatic carbocycles. The summed E-state index contributed by atoms with van der Waals surface area (Å²) in [6.07, 6.45) is 0.245. The molecule has 4 nitrogen and oxygen atoms in total. The Morgan fingerprint density at radius 3 is 2.64 bits per heavy atom. The first-order valence-electron chi connectivity index (χ1n) is 8.17. The van der Waals surface area contributed by atoms with E-state index in [1.54, 1.807) is 11.0 Å². The fourth-order valence-corrected chi connectivity index (χ4v) is 3.24. The molecule has 0 spiro atoms. The van der Waals surface area contributed by atoms with Gasteiger partial charge < -0.3 is 14.4 Å². The number of halogens is 2. The van der Waals surface area contributed by atoms with Crippen LogP contribution in [0.1, 0.15) is 18.1 Å². The molecule has 0 N–H and O–H groups in total. The summed E-state index contributed by atoms with van der Waals surface area (Å²) < 4.78 is 11.1. The van der Waals surface area contributed by atoms with E-state index in [0.717, 1.165) is 11.1 Å². The Kier molecular flexibility index (Phi) is 5.71. The van der Waals surface area contributed by atoms with Gasteiger partial charge in [-0.25, -0.2) is 0 Å². The van der Waals surface area contributed by atoms with Gasteiger partial charge >= 0.3 is 0 Å². The molecule has 0 aromatic heterocycles. The van der Waals surface area contributed by atoms with Gasteiger partial charge in [-0.2, -0.15) is 0 Å². The summed E-state index contributed by atoms with van der Waals surface area (Å²) in [5, 5.41) is 1.13. The summed E-state index contributed by atoms with van der Waals surface area (Å²) >= 11 is 12.5. The summed E-state index contributed by atoms with van der Waals surface area (Å²) in [6, 6.07) is 11.1. The lowest BCUT2D eigenvalue weighted by atomic mass is 10.1. The lowest BCUT2D eigenvalue weighted by Crippen LogP contribution is -2.31. The number of carbonyl (C=O) groups is 1. The van der Waals surface area contributed by atoms with Crippen molar-refractivity contribution in [1.29, 1.82) is 0 Å². The molecule has 1 amide bonds. The standard InChI is InChI=1S/C19H19Cl2NO3/c1-2-22(12-14-5-3-4-6-15(14)20)18(23)11-13-9-16(21)19-17(10-13)24-7-8-25-19/h3-6,9-10H,2,7-8,11-12H2,1H3. The van der Waals surface area contributed by atoms with Crippen molar-refractivity contribution in [3.05, 3.63) is 57.6 Å². The molecule has 0 atom stereocenters. The van der Waals surface area contributed by atoms with E-state index in [9.17, 15) is 4.79 Å². The SMILES string of the molecule is CCN(Cc1ccccc1Cl)C(=O)Cc1cc(Cl)c2c(c1)OCCO2. The van der Waals surface area contributed by atoms with Gasteiger partial charge in [-0.15, -0.1) is 0 Å².